The van der Waals surface area contributed by atoms with Crippen molar-refractivity contribution in [3.63, 3.8) is 0 Å². The minimum absolute atomic E-state index is 0.0539. The Kier molecular flexibility index (Phi) is 4.07. The molecule has 100 valence electrons. The van der Waals surface area contributed by atoms with Crippen LogP contribution in [0, 0.1) is 6.92 Å². The molecule has 1 N–H and O–H groups in total. The van der Waals surface area contributed by atoms with Crippen LogP contribution in [-0.2, 0) is 10.0 Å². The highest BCUT2D eigenvalue weighted by atomic mass is 79.9. The minimum atomic E-state index is -3.83. The Hall–Kier alpha value is -1.18. The Bertz CT molecular complexity index is 705. The third-order valence-electron chi connectivity index (χ3n) is 2.42. The zero-order valence-corrected chi connectivity index (χ0v) is 13.1. The fraction of sp³-hybridized carbons (Fsp3) is 0.0833. The van der Waals surface area contributed by atoms with Crippen LogP contribution in [0.2, 0.25) is 0 Å². The van der Waals surface area contributed by atoms with Crippen molar-refractivity contribution in [1.29, 1.82) is 0 Å². The van der Waals surface area contributed by atoms with Gasteiger partial charge in [-0.3, -0.25) is 4.79 Å². The SMILES string of the molecule is Cc1ccsc1C(=O)NS(=O)(=O)c1ccc(Br)cc1. The maximum absolute atomic E-state index is 12.0. The largest absolute Gasteiger partial charge is 0.275 e. The van der Waals surface area contributed by atoms with Gasteiger partial charge in [0.2, 0.25) is 0 Å². The van der Waals surface area contributed by atoms with E-state index in [-0.39, 0.29) is 4.90 Å². The molecule has 7 heteroatoms. The van der Waals surface area contributed by atoms with Crippen molar-refractivity contribution < 1.29 is 13.2 Å². The average molecular weight is 360 g/mol. The van der Waals surface area contributed by atoms with Crippen molar-refractivity contribution in [3.8, 4) is 0 Å². The zero-order valence-electron chi connectivity index (χ0n) is 9.88. The molecule has 0 radical (unpaired) electrons. The number of rotatable bonds is 3. The van der Waals surface area contributed by atoms with E-state index in [9.17, 15) is 13.2 Å². The van der Waals surface area contributed by atoms with Gasteiger partial charge in [0.15, 0.2) is 0 Å². The Labute approximate surface area is 123 Å². The summed E-state index contributed by atoms with van der Waals surface area (Å²) in [6.45, 7) is 1.76. The van der Waals surface area contributed by atoms with Crippen LogP contribution in [0.25, 0.3) is 0 Å². The maximum atomic E-state index is 12.0. The quantitative estimate of drug-likeness (QED) is 0.916. The molecule has 0 fully saturated rings. The number of hydrogen-bond acceptors (Lipinski definition) is 4. The predicted octanol–water partition coefficient (Wildman–Crippen LogP) is 2.94. The van der Waals surface area contributed by atoms with Gasteiger partial charge in [-0.05, 0) is 48.2 Å². The molecule has 1 heterocycles. The lowest BCUT2D eigenvalue weighted by Gasteiger charge is -2.06. The van der Waals surface area contributed by atoms with Crippen LogP contribution >= 0.6 is 27.3 Å². The van der Waals surface area contributed by atoms with Gasteiger partial charge in [-0.1, -0.05) is 15.9 Å². The first-order chi connectivity index (χ1) is 8.90. The van der Waals surface area contributed by atoms with Gasteiger partial charge in [-0.25, -0.2) is 13.1 Å². The van der Waals surface area contributed by atoms with E-state index >= 15 is 0 Å². The van der Waals surface area contributed by atoms with Crippen molar-refractivity contribution in [1.82, 2.24) is 4.72 Å². The highest BCUT2D eigenvalue weighted by Gasteiger charge is 2.20. The highest BCUT2D eigenvalue weighted by molar-refractivity contribution is 9.10. The van der Waals surface area contributed by atoms with Crippen LogP contribution in [-0.4, -0.2) is 14.3 Å². The van der Waals surface area contributed by atoms with Gasteiger partial charge in [0.25, 0.3) is 15.9 Å². The summed E-state index contributed by atoms with van der Waals surface area (Å²) in [6, 6.07) is 7.85. The molecule has 0 bridgehead atoms. The molecule has 0 saturated carbocycles. The molecule has 2 rings (SSSR count). The van der Waals surface area contributed by atoms with Gasteiger partial charge in [0.05, 0.1) is 9.77 Å². The van der Waals surface area contributed by atoms with Gasteiger partial charge >= 0.3 is 0 Å². The maximum Gasteiger partial charge on any atom is 0.275 e. The second-order valence-electron chi connectivity index (χ2n) is 3.82. The Morgan fingerprint density at radius 3 is 2.37 bits per heavy atom. The van der Waals surface area contributed by atoms with Crippen LogP contribution in [0.3, 0.4) is 0 Å². The smallest absolute Gasteiger partial charge is 0.267 e. The number of benzene rings is 1. The summed E-state index contributed by atoms with van der Waals surface area (Å²) in [6.07, 6.45) is 0. The zero-order chi connectivity index (χ0) is 14.0. The number of thiophene rings is 1. The van der Waals surface area contributed by atoms with Crippen LogP contribution in [0.15, 0.2) is 45.1 Å². The van der Waals surface area contributed by atoms with E-state index in [1.165, 1.54) is 23.5 Å². The molecule has 0 aliphatic heterocycles. The van der Waals surface area contributed by atoms with Crippen molar-refractivity contribution in [3.05, 3.63) is 50.6 Å². The van der Waals surface area contributed by atoms with Crippen molar-refractivity contribution in [2.24, 2.45) is 0 Å². The van der Waals surface area contributed by atoms with Crippen molar-refractivity contribution in [2.45, 2.75) is 11.8 Å². The number of carbonyl (C=O) groups is 1. The summed E-state index contributed by atoms with van der Waals surface area (Å²) in [5.74, 6) is -0.601. The molecular formula is C12H10BrNO3S2. The normalized spacial score (nSPS) is 11.3. The van der Waals surface area contributed by atoms with Gasteiger partial charge in [-0.15, -0.1) is 11.3 Å². The topological polar surface area (TPSA) is 63.2 Å². The Morgan fingerprint density at radius 2 is 1.84 bits per heavy atom. The summed E-state index contributed by atoms with van der Waals surface area (Å²) in [4.78, 5) is 12.4. The number of halogens is 1. The molecule has 1 amide bonds. The first-order valence-corrected chi connectivity index (χ1v) is 8.42. The number of nitrogens with one attached hydrogen (secondary N) is 1. The van der Waals surface area contributed by atoms with Crippen LogP contribution < -0.4 is 4.72 Å². The second-order valence-corrected chi connectivity index (χ2v) is 7.34. The van der Waals surface area contributed by atoms with Gasteiger partial charge < -0.3 is 0 Å². The van der Waals surface area contributed by atoms with Gasteiger partial charge in [0.1, 0.15) is 0 Å². The molecule has 1 aromatic heterocycles. The summed E-state index contributed by atoms with van der Waals surface area (Å²) in [5.41, 5.74) is 0.758. The monoisotopic (exact) mass is 359 g/mol. The molecule has 0 spiro atoms. The minimum Gasteiger partial charge on any atom is -0.267 e. The second kappa shape index (κ2) is 5.44. The summed E-state index contributed by atoms with van der Waals surface area (Å²) in [7, 11) is -3.83. The van der Waals surface area contributed by atoms with E-state index in [2.05, 4.69) is 20.7 Å². The summed E-state index contributed by atoms with van der Waals surface area (Å²) in [5, 5.41) is 1.75. The number of hydrogen-bond donors (Lipinski definition) is 1. The van der Waals surface area contributed by atoms with E-state index < -0.39 is 15.9 Å². The molecule has 2 aromatic rings. The van der Waals surface area contributed by atoms with E-state index in [1.54, 1.807) is 30.5 Å². The van der Waals surface area contributed by atoms with Crippen LogP contribution in [0.4, 0.5) is 0 Å². The number of amides is 1. The van der Waals surface area contributed by atoms with Gasteiger partial charge in [0, 0.05) is 4.47 Å². The molecule has 0 saturated heterocycles. The lowest BCUT2D eigenvalue weighted by Crippen LogP contribution is -2.30. The highest BCUT2D eigenvalue weighted by Crippen LogP contribution is 2.18. The molecule has 4 nitrogen and oxygen atoms in total. The Balaban J connectivity index is 2.25. The fourth-order valence-electron chi connectivity index (χ4n) is 1.45. The van der Waals surface area contributed by atoms with Crippen molar-refractivity contribution in [2.75, 3.05) is 0 Å². The first kappa shape index (κ1) is 14.2. The Morgan fingerprint density at radius 1 is 1.21 bits per heavy atom. The molecule has 0 atom stereocenters. The average Bonchev–Trinajstić information content (AvgIpc) is 2.75. The van der Waals surface area contributed by atoms with E-state index in [0.717, 1.165) is 10.0 Å². The number of sulfonamides is 1. The van der Waals surface area contributed by atoms with E-state index in [4.69, 9.17) is 0 Å². The molecule has 0 aliphatic rings. The number of aryl methyl sites for hydroxylation is 1. The molecular weight excluding hydrogens is 350 g/mol. The lowest BCUT2D eigenvalue weighted by atomic mass is 10.3. The van der Waals surface area contributed by atoms with Crippen LogP contribution in [0.5, 0.6) is 0 Å². The van der Waals surface area contributed by atoms with Gasteiger partial charge in [-0.2, -0.15) is 0 Å². The molecule has 0 aliphatic carbocycles. The first-order valence-electron chi connectivity index (χ1n) is 5.27. The molecule has 19 heavy (non-hydrogen) atoms. The van der Waals surface area contributed by atoms with E-state index in [0.29, 0.717) is 4.88 Å². The summed E-state index contributed by atoms with van der Waals surface area (Å²) >= 11 is 4.44. The van der Waals surface area contributed by atoms with E-state index in [1.807, 2.05) is 0 Å². The molecule has 1 aromatic carbocycles. The number of carbonyl (C=O) groups excluding carboxylic acids is 1. The summed E-state index contributed by atoms with van der Waals surface area (Å²) < 4.78 is 26.9. The van der Waals surface area contributed by atoms with Crippen LogP contribution in [0.1, 0.15) is 15.2 Å². The van der Waals surface area contributed by atoms with Crippen molar-refractivity contribution >= 4 is 43.2 Å². The third-order valence-corrected chi connectivity index (χ3v) is 5.31. The standard InChI is InChI=1S/C12H10BrNO3S2/c1-8-6-7-18-11(8)12(15)14-19(16,17)10-4-2-9(13)3-5-10/h2-7H,1H3,(H,14,15). The lowest BCUT2D eigenvalue weighted by molar-refractivity contribution is 0.0985. The molecule has 0 unspecified atom stereocenters. The third kappa shape index (κ3) is 3.23. The predicted molar refractivity (Wildman–Crippen MR) is 77.9 cm³/mol. The fourth-order valence-corrected chi connectivity index (χ4v) is 3.55.